The molecule has 0 unspecified atom stereocenters. The molecule has 3 heteroatoms. The topological polar surface area (TPSA) is 46.2 Å². The number of carbonyl (C=O) groups is 2. The van der Waals surface area contributed by atoms with Crippen molar-refractivity contribution in [1.82, 2.24) is 5.32 Å². The van der Waals surface area contributed by atoms with E-state index in [0.717, 1.165) is 12.8 Å². The van der Waals surface area contributed by atoms with Gasteiger partial charge in [-0.05, 0) is 24.2 Å². The van der Waals surface area contributed by atoms with Crippen molar-refractivity contribution in [2.45, 2.75) is 40.0 Å². The first-order valence-corrected chi connectivity index (χ1v) is 5.22. The van der Waals surface area contributed by atoms with Gasteiger partial charge in [0.2, 0.25) is 11.8 Å². The van der Waals surface area contributed by atoms with Crippen molar-refractivity contribution in [2.24, 2.45) is 16.7 Å². The summed E-state index contributed by atoms with van der Waals surface area (Å²) in [5.74, 6) is 0.183. The fourth-order valence-electron chi connectivity index (χ4n) is 2.90. The van der Waals surface area contributed by atoms with Gasteiger partial charge in [-0.2, -0.15) is 0 Å². The molecule has 2 rings (SSSR count). The number of fused-ring (bicyclic) bond motifs is 2. The van der Waals surface area contributed by atoms with Crippen molar-refractivity contribution < 1.29 is 9.59 Å². The predicted molar refractivity (Wildman–Crippen MR) is 52.4 cm³/mol. The molecule has 1 N–H and O–H groups in total. The minimum Gasteiger partial charge on any atom is -0.296 e. The summed E-state index contributed by atoms with van der Waals surface area (Å²) in [5, 5.41) is 2.49. The Labute approximate surface area is 84.2 Å². The fourth-order valence-corrected chi connectivity index (χ4v) is 2.90. The molecule has 14 heavy (non-hydrogen) atoms. The molecule has 0 aromatic carbocycles. The molecule has 1 saturated heterocycles. The summed E-state index contributed by atoms with van der Waals surface area (Å²) in [6.45, 7) is 6.21. The maximum atomic E-state index is 11.9. The first-order valence-electron chi connectivity index (χ1n) is 5.22. The summed E-state index contributed by atoms with van der Waals surface area (Å²) >= 11 is 0. The van der Waals surface area contributed by atoms with E-state index in [1.165, 1.54) is 0 Å². The molecule has 1 aliphatic carbocycles. The largest absolute Gasteiger partial charge is 0.296 e. The lowest BCUT2D eigenvalue weighted by atomic mass is 9.65. The zero-order valence-corrected chi connectivity index (χ0v) is 9.02. The Balaban J connectivity index is 2.47. The number of carbonyl (C=O) groups excluding carboxylic acids is 2. The van der Waals surface area contributed by atoms with E-state index < -0.39 is 0 Å². The van der Waals surface area contributed by atoms with Crippen molar-refractivity contribution in [3.8, 4) is 0 Å². The second kappa shape index (κ2) is 2.59. The van der Waals surface area contributed by atoms with Crippen LogP contribution in [-0.4, -0.2) is 11.8 Å². The molecule has 0 aromatic heterocycles. The van der Waals surface area contributed by atoms with Crippen LogP contribution in [0.15, 0.2) is 0 Å². The van der Waals surface area contributed by atoms with Crippen LogP contribution in [-0.2, 0) is 9.59 Å². The summed E-state index contributed by atoms with van der Waals surface area (Å²) in [7, 11) is 0. The molecule has 2 fully saturated rings. The van der Waals surface area contributed by atoms with E-state index in [0.29, 0.717) is 12.3 Å². The lowest BCUT2D eigenvalue weighted by molar-refractivity contribution is -0.137. The van der Waals surface area contributed by atoms with Gasteiger partial charge in [-0.15, -0.1) is 0 Å². The van der Waals surface area contributed by atoms with Gasteiger partial charge in [0.1, 0.15) is 0 Å². The average molecular weight is 195 g/mol. The molecular weight excluding hydrogens is 178 g/mol. The van der Waals surface area contributed by atoms with E-state index in [9.17, 15) is 9.59 Å². The summed E-state index contributed by atoms with van der Waals surface area (Å²) in [4.78, 5) is 23.3. The fraction of sp³-hybridized carbons (Fsp3) is 0.818. The second-order valence-electron chi connectivity index (χ2n) is 5.37. The minimum atomic E-state index is -0.357. The smallest absolute Gasteiger partial charge is 0.233 e. The molecule has 2 amide bonds. The zero-order valence-electron chi connectivity index (χ0n) is 9.02. The average Bonchev–Trinajstić information content (AvgIpc) is 2.25. The molecule has 1 aliphatic heterocycles. The number of nitrogens with one attached hydrogen (secondary N) is 1. The van der Waals surface area contributed by atoms with Crippen LogP contribution in [0.5, 0.6) is 0 Å². The van der Waals surface area contributed by atoms with E-state index in [1.54, 1.807) is 0 Å². The molecule has 1 saturated carbocycles. The van der Waals surface area contributed by atoms with Gasteiger partial charge >= 0.3 is 0 Å². The number of amides is 2. The van der Waals surface area contributed by atoms with E-state index in [2.05, 4.69) is 19.2 Å². The molecule has 2 bridgehead atoms. The number of imide groups is 1. The summed E-state index contributed by atoms with van der Waals surface area (Å²) < 4.78 is 0. The predicted octanol–water partition coefficient (Wildman–Crippen LogP) is 1.48. The molecule has 2 atom stereocenters. The monoisotopic (exact) mass is 195 g/mol. The SMILES string of the molecule is CC1(C)[C@@H]2CC[C@@]1(C)C(=O)NC(=O)C2. The van der Waals surface area contributed by atoms with Crippen molar-refractivity contribution in [1.29, 1.82) is 0 Å². The first kappa shape index (κ1) is 9.69. The van der Waals surface area contributed by atoms with Crippen molar-refractivity contribution >= 4 is 11.8 Å². The highest BCUT2D eigenvalue weighted by atomic mass is 16.2. The summed E-state index contributed by atoms with van der Waals surface area (Å²) in [6, 6.07) is 0. The third kappa shape index (κ3) is 0.983. The normalized spacial score (nSPS) is 40.6. The maximum Gasteiger partial charge on any atom is 0.233 e. The van der Waals surface area contributed by atoms with E-state index in [-0.39, 0.29) is 22.6 Å². The van der Waals surface area contributed by atoms with Gasteiger partial charge in [-0.1, -0.05) is 20.8 Å². The third-order valence-corrected chi connectivity index (χ3v) is 4.62. The van der Waals surface area contributed by atoms with Crippen LogP contribution in [0, 0.1) is 16.7 Å². The van der Waals surface area contributed by atoms with Gasteiger partial charge in [0.15, 0.2) is 0 Å². The molecular formula is C11H17NO2. The lowest BCUT2D eigenvalue weighted by Crippen LogP contribution is -2.45. The molecule has 0 aromatic rings. The highest BCUT2D eigenvalue weighted by molar-refractivity contribution is 5.99. The van der Waals surface area contributed by atoms with Gasteiger partial charge in [0.05, 0.1) is 5.41 Å². The maximum absolute atomic E-state index is 11.9. The van der Waals surface area contributed by atoms with Crippen LogP contribution in [0.1, 0.15) is 40.0 Å². The molecule has 3 nitrogen and oxygen atoms in total. The van der Waals surface area contributed by atoms with Crippen LogP contribution in [0.3, 0.4) is 0 Å². The lowest BCUT2D eigenvalue weighted by Gasteiger charge is -2.37. The van der Waals surface area contributed by atoms with Crippen LogP contribution >= 0.6 is 0 Å². The Morgan fingerprint density at radius 2 is 1.93 bits per heavy atom. The highest BCUT2D eigenvalue weighted by Gasteiger charge is 2.57. The molecule has 78 valence electrons. The standard InChI is InChI=1S/C11H17NO2/c1-10(2)7-4-5-11(10,3)9(14)12-8(13)6-7/h7H,4-6H2,1-3H3,(H,12,13,14)/t7-,11+/m1/s1. The molecule has 0 spiro atoms. The Kier molecular flexibility index (Phi) is 1.79. The first-order chi connectivity index (χ1) is 6.38. The minimum absolute atomic E-state index is 0.0523. The Morgan fingerprint density at radius 1 is 1.29 bits per heavy atom. The second-order valence-corrected chi connectivity index (χ2v) is 5.37. The van der Waals surface area contributed by atoms with Gasteiger partial charge in [-0.3, -0.25) is 14.9 Å². The van der Waals surface area contributed by atoms with Crippen LogP contribution < -0.4 is 5.32 Å². The third-order valence-electron chi connectivity index (χ3n) is 4.62. The van der Waals surface area contributed by atoms with E-state index >= 15 is 0 Å². The van der Waals surface area contributed by atoms with Gasteiger partial charge in [-0.25, -0.2) is 0 Å². The quantitative estimate of drug-likeness (QED) is 0.595. The number of rotatable bonds is 0. The van der Waals surface area contributed by atoms with E-state index in [4.69, 9.17) is 0 Å². The number of hydrogen-bond donors (Lipinski definition) is 1. The Morgan fingerprint density at radius 3 is 2.57 bits per heavy atom. The van der Waals surface area contributed by atoms with Crippen LogP contribution in [0.25, 0.3) is 0 Å². The van der Waals surface area contributed by atoms with Gasteiger partial charge in [0.25, 0.3) is 0 Å². The Bertz CT molecular complexity index is 308. The van der Waals surface area contributed by atoms with Crippen molar-refractivity contribution in [3.05, 3.63) is 0 Å². The van der Waals surface area contributed by atoms with Crippen molar-refractivity contribution in [2.75, 3.05) is 0 Å². The summed E-state index contributed by atoms with van der Waals surface area (Å²) in [5.41, 5.74) is -0.410. The Hall–Kier alpha value is -0.860. The molecule has 0 radical (unpaired) electrons. The molecule has 2 aliphatic rings. The van der Waals surface area contributed by atoms with Crippen LogP contribution in [0.2, 0.25) is 0 Å². The van der Waals surface area contributed by atoms with Gasteiger partial charge < -0.3 is 0 Å². The number of hydrogen-bond acceptors (Lipinski definition) is 2. The highest BCUT2D eigenvalue weighted by Crippen LogP contribution is 2.58. The molecule has 1 heterocycles. The zero-order chi connectivity index (χ0) is 10.6. The van der Waals surface area contributed by atoms with E-state index in [1.807, 2.05) is 6.92 Å². The van der Waals surface area contributed by atoms with Gasteiger partial charge in [0, 0.05) is 6.42 Å². The van der Waals surface area contributed by atoms with Crippen LogP contribution in [0.4, 0.5) is 0 Å². The van der Waals surface area contributed by atoms with Crippen molar-refractivity contribution in [3.63, 3.8) is 0 Å². The summed E-state index contributed by atoms with van der Waals surface area (Å²) in [6.07, 6.45) is 2.42.